The Labute approximate surface area is 89.5 Å². The Morgan fingerprint density at radius 2 is 2.19 bits per heavy atom. The fourth-order valence-electron chi connectivity index (χ4n) is 1.80. The molecule has 0 radical (unpaired) electrons. The number of nitrogens with zero attached hydrogens (tertiary/aromatic N) is 3. The molecule has 2 heterocycles. The number of hydrogen-bond acceptors (Lipinski definition) is 3. The average Bonchev–Trinajstić information content (AvgIpc) is 2.58. The zero-order valence-electron chi connectivity index (χ0n) is 8.58. The van der Waals surface area contributed by atoms with Gasteiger partial charge in [0, 0.05) is 13.3 Å². The second kappa shape index (κ2) is 3.57. The minimum absolute atomic E-state index is 0.00277. The SMILES string of the molecule is CC(=O)c1nc2n(n1)[C@@H](C(F)(F)F)CCC2. The van der Waals surface area contributed by atoms with Crippen molar-refractivity contribution in [2.24, 2.45) is 0 Å². The highest BCUT2D eigenvalue weighted by molar-refractivity contribution is 5.90. The van der Waals surface area contributed by atoms with Crippen LogP contribution < -0.4 is 0 Å². The monoisotopic (exact) mass is 233 g/mol. The molecule has 0 amide bonds. The van der Waals surface area contributed by atoms with Crippen LogP contribution in [0.15, 0.2) is 0 Å². The lowest BCUT2D eigenvalue weighted by Gasteiger charge is -2.25. The number of aromatic nitrogens is 3. The first-order valence-electron chi connectivity index (χ1n) is 4.92. The molecule has 7 heteroatoms. The van der Waals surface area contributed by atoms with Crippen LogP contribution in [0.2, 0.25) is 0 Å². The molecule has 1 aromatic heterocycles. The molecular formula is C9H10F3N3O. The Kier molecular flexibility index (Phi) is 2.47. The summed E-state index contributed by atoms with van der Waals surface area (Å²) in [4.78, 5) is 14.8. The Morgan fingerprint density at radius 3 is 2.75 bits per heavy atom. The highest BCUT2D eigenvalue weighted by atomic mass is 19.4. The predicted molar refractivity (Wildman–Crippen MR) is 48.1 cm³/mol. The van der Waals surface area contributed by atoms with Crippen LogP contribution in [0.3, 0.4) is 0 Å². The summed E-state index contributed by atoms with van der Waals surface area (Å²) in [5, 5.41) is 3.63. The van der Waals surface area contributed by atoms with E-state index in [-0.39, 0.29) is 18.1 Å². The molecule has 0 aliphatic carbocycles. The Bertz CT molecular complexity index is 424. The second-order valence-electron chi connectivity index (χ2n) is 3.80. The van der Waals surface area contributed by atoms with Crippen LogP contribution in [-0.4, -0.2) is 26.7 Å². The molecule has 0 bridgehead atoms. The third-order valence-corrected chi connectivity index (χ3v) is 2.57. The van der Waals surface area contributed by atoms with E-state index in [1.807, 2.05) is 0 Å². The van der Waals surface area contributed by atoms with E-state index in [1.54, 1.807) is 0 Å². The Morgan fingerprint density at radius 1 is 1.50 bits per heavy atom. The van der Waals surface area contributed by atoms with E-state index in [0.29, 0.717) is 12.8 Å². The second-order valence-corrected chi connectivity index (χ2v) is 3.80. The fraction of sp³-hybridized carbons (Fsp3) is 0.667. The molecular weight excluding hydrogens is 223 g/mol. The zero-order chi connectivity index (χ0) is 11.9. The Hall–Kier alpha value is -1.40. The number of ketones is 1. The number of Topliss-reactive ketones (excluding diaryl/α,β-unsaturated/α-hetero) is 1. The summed E-state index contributed by atoms with van der Waals surface area (Å²) in [6.07, 6.45) is -3.48. The molecule has 0 unspecified atom stereocenters. The van der Waals surface area contributed by atoms with Gasteiger partial charge in [0.05, 0.1) is 0 Å². The van der Waals surface area contributed by atoms with Gasteiger partial charge in [0.25, 0.3) is 0 Å². The zero-order valence-corrected chi connectivity index (χ0v) is 8.58. The first-order valence-corrected chi connectivity index (χ1v) is 4.92. The van der Waals surface area contributed by atoms with Crippen molar-refractivity contribution in [1.29, 1.82) is 0 Å². The van der Waals surface area contributed by atoms with Gasteiger partial charge in [-0.3, -0.25) is 4.79 Å². The van der Waals surface area contributed by atoms with Crippen molar-refractivity contribution < 1.29 is 18.0 Å². The summed E-state index contributed by atoms with van der Waals surface area (Å²) in [6, 6.07) is -1.64. The van der Waals surface area contributed by atoms with Gasteiger partial charge in [0.15, 0.2) is 5.78 Å². The maximum absolute atomic E-state index is 12.7. The van der Waals surface area contributed by atoms with Crippen molar-refractivity contribution in [3.8, 4) is 0 Å². The topological polar surface area (TPSA) is 47.8 Å². The number of alkyl halides is 3. The molecule has 0 fully saturated rings. The normalized spacial score (nSPS) is 20.6. The van der Waals surface area contributed by atoms with Crippen molar-refractivity contribution in [2.45, 2.75) is 38.4 Å². The number of hydrogen-bond donors (Lipinski definition) is 0. The maximum Gasteiger partial charge on any atom is 0.410 e. The van der Waals surface area contributed by atoms with Gasteiger partial charge in [-0.25, -0.2) is 9.67 Å². The van der Waals surface area contributed by atoms with Crippen molar-refractivity contribution in [2.75, 3.05) is 0 Å². The van der Waals surface area contributed by atoms with Gasteiger partial charge in [-0.2, -0.15) is 13.2 Å². The van der Waals surface area contributed by atoms with Crippen molar-refractivity contribution in [3.05, 3.63) is 11.6 Å². The molecule has 1 atom stereocenters. The highest BCUT2D eigenvalue weighted by Crippen LogP contribution is 2.37. The van der Waals surface area contributed by atoms with Crippen LogP contribution in [0.4, 0.5) is 13.2 Å². The standard InChI is InChI=1S/C9H10F3N3O/c1-5(16)8-13-7-4-2-3-6(9(10,11)12)15(7)14-8/h6H,2-4H2,1H3/t6-/m1/s1. The molecule has 4 nitrogen and oxygen atoms in total. The first kappa shape index (κ1) is 11.1. The van der Waals surface area contributed by atoms with Crippen molar-refractivity contribution in [1.82, 2.24) is 14.8 Å². The van der Waals surface area contributed by atoms with Gasteiger partial charge < -0.3 is 0 Å². The first-order chi connectivity index (χ1) is 7.39. The minimum Gasteiger partial charge on any atom is -0.291 e. The van der Waals surface area contributed by atoms with Crippen molar-refractivity contribution >= 4 is 5.78 Å². The molecule has 1 aliphatic heterocycles. The number of halogens is 3. The van der Waals surface area contributed by atoms with E-state index < -0.39 is 18.0 Å². The summed E-state index contributed by atoms with van der Waals surface area (Å²) in [5.41, 5.74) is 0. The summed E-state index contributed by atoms with van der Waals surface area (Å²) < 4.78 is 38.8. The van der Waals surface area contributed by atoms with Crippen LogP contribution in [0.1, 0.15) is 42.3 Å². The van der Waals surface area contributed by atoms with Gasteiger partial charge in [-0.1, -0.05) is 0 Å². The van der Waals surface area contributed by atoms with Gasteiger partial charge in [-0.15, -0.1) is 5.10 Å². The largest absolute Gasteiger partial charge is 0.410 e. The van der Waals surface area contributed by atoms with Gasteiger partial charge in [-0.05, 0) is 12.8 Å². The highest BCUT2D eigenvalue weighted by Gasteiger charge is 2.44. The lowest BCUT2D eigenvalue weighted by atomic mass is 10.1. The molecule has 0 aromatic carbocycles. The fourth-order valence-corrected chi connectivity index (χ4v) is 1.80. The maximum atomic E-state index is 12.7. The average molecular weight is 233 g/mol. The van der Waals surface area contributed by atoms with Crippen LogP contribution in [0.5, 0.6) is 0 Å². The quantitative estimate of drug-likeness (QED) is 0.696. The summed E-state index contributed by atoms with van der Waals surface area (Å²) in [7, 11) is 0. The number of carbonyl (C=O) groups excluding carboxylic acids is 1. The van der Waals surface area contributed by atoms with Gasteiger partial charge >= 0.3 is 6.18 Å². The number of fused-ring (bicyclic) bond motifs is 1. The molecule has 0 saturated carbocycles. The van der Waals surface area contributed by atoms with E-state index in [9.17, 15) is 18.0 Å². The van der Waals surface area contributed by atoms with E-state index in [0.717, 1.165) is 4.68 Å². The lowest BCUT2D eigenvalue weighted by molar-refractivity contribution is -0.174. The van der Waals surface area contributed by atoms with E-state index in [4.69, 9.17) is 0 Å². The van der Waals surface area contributed by atoms with Crippen LogP contribution in [0.25, 0.3) is 0 Å². The number of rotatable bonds is 1. The van der Waals surface area contributed by atoms with E-state index in [1.165, 1.54) is 6.92 Å². The lowest BCUT2D eigenvalue weighted by Crippen LogP contribution is -2.31. The van der Waals surface area contributed by atoms with Crippen LogP contribution in [-0.2, 0) is 6.42 Å². The van der Waals surface area contributed by atoms with Crippen LogP contribution >= 0.6 is 0 Å². The van der Waals surface area contributed by atoms with Gasteiger partial charge in [0.1, 0.15) is 11.9 Å². The summed E-state index contributed by atoms with van der Waals surface area (Å²) >= 11 is 0. The molecule has 16 heavy (non-hydrogen) atoms. The Balaban J connectivity index is 2.42. The molecule has 0 spiro atoms. The molecule has 2 rings (SSSR count). The molecule has 0 N–H and O–H groups in total. The third-order valence-electron chi connectivity index (χ3n) is 2.57. The summed E-state index contributed by atoms with van der Waals surface area (Å²) in [5.74, 6) is -0.298. The predicted octanol–water partition coefficient (Wildman–Crippen LogP) is 1.92. The van der Waals surface area contributed by atoms with Gasteiger partial charge in [0.2, 0.25) is 5.82 Å². The number of aryl methyl sites for hydroxylation is 1. The molecule has 1 aliphatic rings. The van der Waals surface area contributed by atoms with Crippen molar-refractivity contribution in [3.63, 3.8) is 0 Å². The number of carbonyl (C=O) groups is 1. The van der Waals surface area contributed by atoms with E-state index in [2.05, 4.69) is 10.1 Å². The molecule has 0 saturated heterocycles. The molecule has 88 valence electrons. The van der Waals surface area contributed by atoms with E-state index >= 15 is 0 Å². The summed E-state index contributed by atoms with van der Waals surface area (Å²) in [6.45, 7) is 1.24. The third kappa shape index (κ3) is 1.81. The molecule has 1 aromatic rings. The smallest absolute Gasteiger partial charge is 0.291 e. The minimum atomic E-state index is -4.34. The van der Waals surface area contributed by atoms with Crippen LogP contribution in [0, 0.1) is 0 Å².